The second-order valence-electron chi connectivity index (χ2n) is 23.5. The van der Waals surface area contributed by atoms with Gasteiger partial charge in [0.25, 0.3) is 0 Å². The summed E-state index contributed by atoms with van der Waals surface area (Å²) < 4.78 is 9.14. The first-order chi connectivity index (χ1) is 31.2. The number of nitrogens with one attached hydrogen (secondary N) is 1. The molecule has 0 radical (unpaired) electrons. The third-order valence-corrected chi connectivity index (χ3v) is 12.9. The Hall–Kier alpha value is -5.64. The van der Waals surface area contributed by atoms with E-state index in [9.17, 15) is 0 Å². The molecule has 68 heavy (non-hydrogen) atoms. The molecule has 8 aromatic rings. The van der Waals surface area contributed by atoms with Crippen LogP contribution in [0.3, 0.4) is 0 Å². The Bertz CT molecular complexity index is 3070. The zero-order valence-electron chi connectivity index (χ0n) is 42.9. The minimum absolute atomic E-state index is 0. The van der Waals surface area contributed by atoms with Crippen LogP contribution in [0, 0.1) is 19.2 Å². The van der Waals surface area contributed by atoms with Crippen LogP contribution in [0.4, 0.5) is 22.7 Å². The SMILES string of the molecule is [CH2-]N(c1[c-]c(Oc2[c-]c3c(cc2)c2ccc(C(C)(C)C)cc2n3-c2cc(C(C)(C)C)ccn2)cc(-c2ccc(C(C)(C)C)cc2)c1)c1ccccc1Nc1cc(C(C)(C)C)cc(C(C)(C)C)c1.[Pt]. The van der Waals surface area contributed by atoms with E-state index in [1.165, 1.54) is 27.8 Å². The van der Waals surface area contributed by atoms with Gasteiger partial charge in [-0.25, -0.2) is 4.98 Å². The molecule has 5 nitrogen and oxygen atoms in total. The minimum Gasteiger partial charge on any atom is -0.515 e. The number of nitrogens with zero attached hydrogens (tertiary/aromatic N) is 3. The molecule has 0 bridgehead atoms. The van der Waals surface area contributed by atoms with Crippen LogP contribution in [0.25, 0.3) is 38.8 Å². The number of hydrogen-bond acceptors (Lipinski definition) is 4. The van der Waals surface area contributed by atoms with Gasteiger partial charge in [0, 0.05) is 55.7 Å². The minimum atomic E-state index is -0.0532. The van der Waals surface area contributed by atoms with Crippen LogP contribution in [0.5, 0.6) is 11.5 Å². The van der Waals surface area contributed by atoms with Gasteiger partial charge in [-0.2, -0.15) is 6.07 Å². The van der Waals surface area contributed by atoms with Crippen molar-refractivity contribution in [2.45, 2.75) is 131 Å². The van der Waals surface area contributed by atoms with Crippen LogP contribution < -0.4 is 15.0 Å². The Morgan fingerprint density at radius 2 is 1.10 bits per heavy atom. The summed E-state index contributed by atoms with van der Waals surface area (Å²) in [5.41, 5.74) is 13.9. The predicted octanol–water partition coefficient (Wildman–Crippen LogP) is 17.4. The van der Waals surface area contributed by atoms with Gasteiger partial charge >= 0.3 is 0 Å². The monoisotopic (exact) mass is 1080 g/mol. The maximum absolute atomic E-state index is 6.90. The first-order valence-electron chi connectivity index (χ1n) is 23.7. The summed E-state index contributed by atoms with van der Waals surface area (Å²) in [5.74, 6) is 1.98. The first kappa shape index (κ1) is 50.2. The number of aromatic nitrogens is 2. The van der Waals surface area contributed by atoms with Crippen molar-refractivity contribution < 1.29 is 25.8 Å². The average molecular weight is 1080 g/mol. The largest absolute Gasteiger partial charge is 0.515 e. The molecule has 0 saturated heterocycles. The summed E-state index contributed by atoms with van der Waals surface area (Å²) in [6.07, 6.45) is 1.92. The third kappa shape index (κ3) is 10.6. The summed E-state index contributed by atoms with van der Waals surface area (Å²) in [6.45, 7) is 33.8. The fraction of sp³-hybridized carbons (Fsp3) is 0.323. The zero-order chi connectivity index (χ0) is 48.4. The van der Waals surface area contributed by atoms with Crippen molar-refractivity contribution in [1.29, 1.82) is 0 Å². The fourth-order valence-electron chi connectivity index (χ4n) is 8.54. The number of fused-ring (bicyclic) bond motifs is 3. The van der Waals surface area contributed by atoms with Crippen molar-refractivity contribution in [2.24, 2.45) is 0 Å². The van der Waals surface area contributed by atoms with E-state index in [0.29, 0.717) is 11.5 Å². The molecular weight excluding hydrogens is 1010 g/mol. The molecule has 8 rings (SSSR count). The van der Waals surface area contributed by atoms with Gasteiger partial charge in [0.2, 0.25) is 0 Å². The summed E-state index contributed by atoms with van der Waals surface area (Å²) in [6, 6.07) is 50.9. The number of benzene rings is 6. The van der Waals surface area contributed by atoms with E-state index in [0.717, 1.165) is 61.5 Å². The molecule has 0 aliphatic carbocycles. The van der Waals surface area contributed by atoms with Gasteiger partial charge in [-0.1, -0.05) is 164 Å². The summed E-state index contributed by atoms with van der Waals surface area (Å²) in [7, 11) is 4.67. The van der Waals surface area contributed by atoms with Gasteiger partial charge in [-0.15, -0.1) is 47.0 Å². The summed E-state index contributed by atoms with van der Waals surface area (Å²) in [5, 5.41) is 6.02. The molecule has 0 spiro atoms. The molecule has 0 aliphatic rings. The average Bonchev–Trinajstić information content (AvgIpc) is 3.57. The predicted molar refractivity (Wildman–Crippen MR) is 285 cm³/mol. The second kappa shape index (κ2) is 18.4. The molecule has 0 fully saturated rings. The van der Waals surface area contributed by atoms with E-state index in [1.54, 1.807) is 0 Å². The molecule has 0 unspecified atom stereocenters. The molecule has 6 aromatic carbocycles. The Labute approximate surface area is 421 Å². The fourth-order valence-corrected chi connectivity index (χ4v) is 8.54. The van der Waals surface area contributed by atoms with E-state index in [4.69, 9.17) is 9.72 Å². The van der Waals surface area contributed by atoms with Gasteiger partial charge in [0.05, 0.1) is 5.69 Å². The van der Waals surface area contributed by atoms with Crippen LogP contribution >= 0.6 is 0 Å². The van der Waals surface area contributed by atoms with Crippen LogP contribution in [0.2, 0.25) is 0 Å². The van der Waals surface area contributed by atoms with E-state index in [1.807, 2.05) is 17.2 Å². The maximum Gasteiger partial charge on any atom is 0.135 e. The molecular formula is C62H69N4OPt-3. The third-order valence-electron chi connectivity index (χ3n) is 12.9. The topological polar surface area (TPSA) is 42.3 Å². The summed E-state index contributed by atoms with van der Waals surface area (Å²) in [4.78, 5) is 6.92. The Morgan fingerprint density at radius 1 is 0.529 bits per heavy atom. The molecule has 356 valence electrons. The number of ether oxygens (including phenoxy) is 1. The molecule has 6 heteroatoms. The molecule has 2 aromatic heterocycles. The van der Waals surface area contributed by atoms with Crippen molar-refractivity contribution in [3.8, 4) is 28.4 Å². The van der Waals surface area contributed by atoms with Gasteiger partial charge in [0.15, 0.2) is 0 Å². The Balaban J connectivity index is 0.00000684. The van der Waals surface area contributed by atoms with Crippen molar-refractivity contribution in [2.75, 3.05) is 10.2 Å². The molecule has 1 N–H and O–H groups in total. The Morgan fingerprint density at radius 3 is 1.72 bits per heavy atom. The van der Waals surface area contributed by atoms with Crippen molar-refractivity contribution in [3.63, 3.8) is 0 Å². The van der Waals surface area contributed by atoms with Crippen LogP contribution in [0.1, 0.15) is 132 Å². The second-order valence-corrected chi connectivity index (χ2v) is 23.5. The van der Waals surface area contributed by atoms with Gasteiger partial charge in [-0.05, 0) is 108 Å². The van der Waals surface area contributed by atoms with Crippen LogP contribution in [-0.4, -0.2) is 9.55 Å². The summed E-state index contributed by atoms with van der Waals surface area (Å²) >= 11 is 0. The van der Waals surface area contributed by atoms with Gasteiger partial charge < -0.3 is 19.5 Å². The number of pyridine rings is 1. The molecule has 0 amide bonds. The quantitative estimate of drug-likeness (QED) is 0.154. The Kier molecular flexibility index (Phi) is 13.6. The smallest absolute Gasteiger partial charge is 0.135 e. The number of rotatable bonds is 8. The maximum atomic E-state index is 6.90. The molecule has 0 aliphatic heterocycles. The van der Waals surface area contributed by atoms with E-state index >= 15 is 0 Å². The number of hydrogen-bond donors (Lipinski definition) is 1. The molecule has 2 heterocycles. The van der Waals surface area contributed by atoms with E-state index < -0.39 is 0 Å². The van der Waals surface area contributed by atoms with Gasteiger partial charge in [-0.3, -0.25) is 7.05 Å². The van der Waals surface area contributed by atoms with E-state index in [-0.39, 0.29) is 48.1 Å². The van der Waals surface area contributed by atoms with Crippen molar-refractivity contribution in [3.05, 3.63) is 175 Å². The standard InChI is InChI=1S/C62H69N4O.Pt/c1-58(2,3)42-23-21-40(22-24-42)41-31-48(65(16)54-20-18-17-19-53(54)64-47-34-45(61(10,11)12)33-46(35-47)62(13,14)15)38-50(32-41)67-49-26-28-52-51-27-25-43(59(4,5)6)36-55(51)66(56(52)39-49)57-37-44(29-30-63-57)60(7,8)9;/h17-37,64H,16H2,1-15H3;/q-3;. The van der Waals surface area contributed by atoms with Crippen LogP contribution in [0.15, 0.2) is 128 Å². The normalized spacial score (nSPS) is 12.6. The van der Waals surface area contributed by atoms with Crippen LogP contribution in [-0.2, 0) is 48.1 Å². The van der Waals surface area contributed by atoms with Gasteiger partial charge in [0.1, 0.15) is 5.82 Å². The molecule has 0 saturated carbocycles. The first-order valence-corrected chi connectivity index (χ1v) is 23.7. The van der Waals surface area contributed by atoms with Crippen molar-refractivity contribution in [1.82, 2.24) is 9.55 Å². The van der Waals surface area contributed by atoms with Crippen molar-refractivity contribution >= 4 is 44.6 Å². The number of para-hydroxylation sites is 2. The number of anilines is 4. The zero-order valence-corrected chi connectivity index (χ0v) is 45.2. The molecule has 0 atom stereocenters. The van der Waals surface area contributed by atoms with E-state index in [2.05, 4.69) is 248 Å².